The highest BCUT2D eigenvalue weighted by Crippen LogP contribution is 2.37. The summed E-state index contributed by atoms with van der Waals surface area (Å²) in [7, 11) is 0. The number of amides is 1. The van der Waals surface area contributed by atoms with Crippen LogP contribution >= 0.6 is 0 Å². The third-order valence-electron chi connectivity index (χ3n) is 5.05. The second-order valence-corrected chi connectivity index (χ2v) is 6.89. The number of ether oxygens (including phenoxy) is 2. The van der Waals surface area contributed by atoms with Crippen molar-refractivity contribution in [3.05, 3.63) is 47.0 Å². The maximum atomic E-state index is 13.3. The Labute approximate surface area is 152 Å². The molecule has 3 aliphatic heterocycles. The number of nitrogens with zero attached hydrogens (tertiary/aromatic N) is 1. The zero-order valence-electron chi connectivity index (χ0n) is 14.7. The summed E-state index contributed by atoms with van der Waals surface area (Å²) in [5.41, 5.74) is 2.92. The predicted octanol–water partition coefficient (Wildman–Crippen LogP) is 2.95. The van der Waals surface area contributed by atoms with Crippen LogP contribution in [0.5, 0.6) is 0 Å². The molecule has 0 saturated carbocycles. The molecule has 1 saturated heterocycles. The fourth-order valence-electron chi connectivity index (χ4n) is 3.63. The van der Waals surface area contributed by atoms with Gasteiger partial charge in [0.15, 0.2) is 0 Å². The Morgan fingerprint density at radius 3 is 2.88 bits per heavy atom. The fraction of sp³-hybridized carbons (Fsp3) is 0.450. The quantitative estimate of drug-likeness (QED) is 0.650. The third kappa shape index (κ3) is 3.66. The van der Waals surface area contributed by atoms with E-state index >= 15 is 0 Å². The number of benzene rings is 1. The van der Waals surface area contributed by atoms with Crippen molar-refractivity contribution in [1.29, 1.82) is 0 Å². The van der Waals surface area contributed by atoms with Crippen molar-refractivity contribution in [3.8, 4) is 0 Å². The number of morpholine rings is 1. The van der Waals surface area contributed by atoms with Crippen molar-refractivity contribution < 1.29 is 18.7 Å². The molecule has 1 aromatic rings. The second kappa shape index (κ2) is 7.60. The van der Waals surface area contributed by atoms with E-state index in [4.69, 9.17) is 9.47 Å². The first-order chi connectivity index (χ1) is 12.7. The van der Waals surface area contributed by atoms with Crippen LogP contribution in [0, 0.1) is 5.82 Å². The molecule has 0 radical (unpaired) electrons. The Hall–Kier alpha value is -2.18. The third-order valence-corrected chi connectivity index (χ3v) is 5.05. The summed E-state index contributed by atoms with van der Waals surface area (Å²) >= 11 is 0. The number of anilines is 1. The lowest BCUT2D eigenvalue weighted by atomic mass is 10.0. The van der Waals surface area contributed by atoms with Gasteiger partial charge in [0.05, 0.1) is 24.5 Å². The molecular formula is C20H23FN2O3. The van der Waals surface area contributed by atoms with Gasteiger partial charge in [-0.3, -0.25) is 9.69 Å². The molecule has 6 heteroatoms. The van der Waals surface area contributed by atoms with Crippen molar-refractivity contribution in [2.75, 3.05) is 44.8 Å². The number of allylic oxidation sites excluding steroid dienone is 1. The zero-order chi connectivity index (χ0) is 17.9. The summed E-state index contributed by atoms with van der Waals surface area (Å²) in [6, 6.07) is 4.33. The first-order valence-electron chi connectivity index (χ1n) is 9.18. The van der Waals surface area contributed by atoms with Crippen molar-refractivity contribution >= 4 is 17.2 Å². The first kappa shape index (κ1) is 17.2. The molecule has 3 heterocycles. The van der Waals surface area contributed by atoms with Gasteiger partial charge in [-0.15, -0.1) is 0 Å². The van der Waals surface area contributed by atoms with Gasteiger partial charge < -0.3 is 14.8 Å². The van der Waals surface area contributed by atoms with E-state index < -0.39 is 0 Å². The van der Waals surface area contributed by atoms with Crippen LogP contribution in [0.15, 0.2) is 35.6 Å². The second-order valence-electron chi connectivity index (χ2n) is 6.89. The molecule has 1 N–H and O–H groups in total. The van der Waals surface area contributed by atoms with Gasteiger partial charge in [0.2, 0.25) is 0 Å². The van der Waals surface area contributed by atoms with Gasteiger partial charge in [-0.1, -0.05) is 0 Å². The van der Waals surface area contributed by atoms with Gasteiger partial charge in [-0.25, -0.2) is 4.39 Å². The Balaban J connectivity index is 1.37. The van der Waals surface area contributed by atoms with Crippen LogP contribution in [0.25, 0.3) is 5.57 Å². The van der Waals surface area contributed by atoms with Gasteiger partial charge in [0, 0.05) is 18.7 Å². The van der Waals surface area contributed by atoms with E-state index in [1.165, 1.54) is 17.7 Å². The predicted molar refractivity (Wildman–Crippen MR) is 97.1 cm³/mol. The van der Waals surface area contributed by atoms with Gasteiger partial charge in [0.1, 0.15) is 18.2 Å². The van der Waals surface area contributed by atoms with Crippen molar-refractivity contribution in [2.45, 2.75) is 19.3 Å². The maximum absolute atomic E-state index is 13.3. The Kier molecular flexibility index (Phi) is 5.04. The molecule has 5 nitrogen and oxygen atoms in total. The number of fused-ring (bicyclic) bond motifs is 1. The van der Waals surface area contributed by atoms with Gasteiger partial charge in [-0.05, 0) is 55.7 Å². The number of rotatable bonds is 5. The minimum atomic E-state index is -0.362. The topological polar surface area (TPSA) is 50.8 Å². The Morgan fingerprint density at radius 1 is 1.19 bits per heavy atom. The monoisotopic (exact) mass is 358 g/mol. The van der Waals surface area contributed by atoms with E-state index in [0.717, 1.165) is 52.1 Å². The van der Waals surface area contributed by atoms with Crippen LogP contribution in [0.4, 0.5) is 10.1 Å². The number of hydrogen-bond acceptors (Lipinski definition) is 4. The normalized spacial score (nSPS) is 22.8. The number of halogens is 1. The molecule has 0 spiro atoms. The highest BCUT2D eigenvalue weighted by atomic mass is 19.1. The van der Waals surface area contributed by atoms with Crippen LogP contribution in [0.2, 0.25) is 0 Å². The lowest BCUT2D eigenvalue weighted by Crippen LogP contribution is -2.36. The molecule has 0 bridgehead atoms. The van der Waals surface area contributed by atoms with Crippen LogP contribution in [-0.2, 0) is 14.3 Å². The van der Waals surface area contributed by atoms with Crippen LogP contribution < -0.4 is 5.32 Å². The van der Waals surface area contributed by atoms with Crippen LogP contribution in [0.3, 0.4) is 0 Å². The molecule has 0 atom stereocenters. The molecule has 138 valence electrons. The van der Waals surface area contributed by atoms with E-state index in [9.17, 15) is 9.18 Å². The van der Waals surface area contributed by atoms with Crippen molar-refractivity contribution in [1.82, 2.24) is 4.90 Å². The number of carbonyl (C=O) groups is 1. The minimum absolute atomic E-state index is 0.231. The van der Waals surface area contributed by atoms with E-state index in [2.05, 4.69) is 10.2 Å². The molecular weight excluding hydrogens is 335 g/mol. The summed E-state index contributed by atoms with van der Waals surface area (Å²) in [5.74, 6) is 0.000550. The fourth-order valence-corrected chi connectivity index (χ4v) is 3.63. The summed E-state index contributed by atoms with van der Waals surface area (Å²) in [6.07, 6.45) is 5.19. The minimum Gasteiger partial charge on any atom is -0.488 e. The van der Waals surface area contributed by atoms with Gasteiger partial charge in [0.25, 0.3) is 5.91 Å². The molecule has 26 heavy (non-hydrogen) atoms. The smallest absolute Gasteiger partial charge is 0.260 e. The summed E-state index contributed by atoms with van der Waals surface area (Å²) < 4.78 is 24.5. The maximum Gasteiger partial charge on any atom is 0.260 e. The zero-order valence-corrected chi connectivity index (χ0v) is 14.7. The lowest BCUT2D eigenvalue weighted by Gasteiger charge is -2.26. The van der Waals surface area contributed by atoms with E-state index in [0.29, 0.717) is 29.2 Å². The summed E-state index contributed by atoms with van der Waals surface area (Å²) in [5, 5.41) is 2.71. The van der Waals surface area contributed by atoms with Crippen molar-refractivity contribution in [3.63, 3.8) is 0 Å². The molecule has 0 unspecified atom stereocenters. The van der Waals surface area contributed by atoms with Crippen molar-refractivity contribution in [2.24, 2.45) is 0 Å². The molecule has 3 aliphatic rings. The molecule has 1 fully saturated rings. The lowest BCUT2D eigenvalue weighted by molar-refractivity contribution is -0.110. The standard InChI is InChI=1S/C20H23FN2O3/c21-15-4-5-16-17(12-15)22-20(24)19(16)18-11-14(13-26-18)3-1-2-6-23-7-9-25-10-8-23/h4-5,11-12H,1-3,6-10,13H2,(H,22,24)/b19-18+. The average Bonchev–Trinajstić information content (AvgIpc) is 3.22. The highest BCUT2D eigenvalue weighted by Gasteiger charge is 2.30. The molecule has 1 amide bonds. The summed E-state index contributed by atoms with van der Waals surface area (Å²) in [6.45, 7) is 5.36. The molecule has 0 aromatic heterocycles. The average molecular weight is 358 g/mol. The Bertz CT molecular complexity index is 766. The molecule has 4 rings (SSSR count). The van der Waals surface area contributed by atoms with E-state index in [1.807, 2.05) is 6.08 Å². The van der Waals surface area contributed by atoms with E-state index in [1.54, 1.807) is 6.07 Å². The molecule has 1 aromatic carbocycles. The largest absolute Gasteiger partial charge is 0.488 e. The number of carbonyl (C=O) groups excluding carboxylic acids is 1. The number of unbranched alkanes of at least 4 members (excludes halogenated alkanes) is 1. The molecule has 0 aliphatic carbocycles. The van der Waals surface area contributed by atoms with E-state index in [-0.39, 0.29) is 11.7 Å². The van der Waals surface area contributed by atoms with Crippen LogP contribution in [0.1, 0.15) is 24.8 Å². The van der Waals surface area contributed by atoms with Gasteiger partial charge in [-0.2, -0.15) is 0 Å². The highest BCUT2D eigenvalue weighted by molar-refractivity contribution is 6.32. The number of hydrogen-bond donors (Lipinski definition) is 1. The Morgan fingerprint density at radius 2 is 2.04 bits per heavy atom. The van der Waals surface area contributed by atoms with Gasteiger partial charge >= 0.3 is 0 Å². The SMILES string of the molecule is O=C1Nc2cc(F)ccc2/C1=C1/C=C(CCCCN2CCOCC2)CO1. The summed E-state index contributed by atoms with van der Waals surface area (Å²) in [4.78, 5) is 14.7. The number of nitrogens with one attached hydrogen (secondary N) is 1. The first-order valence-corrected chi connectivity index (χ1v) is 9.18. The van der Waals surface area contributed by atoms with Crippen LogP contribution in [-0.4, -0.2) is 50.3 Å².